The normalized spacial score (nSPS) is 16.1. The third-order valence-electron chi connectivity index (χ3n) is 9.44. The van der Waals surface area contributed by atoms with Crippen molar-refractivity contribution < 1.29 is 31.2 Å². The van der Waals surface area contributed by atoms with E-state index in [1.54, 1.807) is 80.4 Å². The third-order valence-corrected chi connectivity index (χ3v) is 9.44. The fourth-order valence-corrected chi connectivity index (χ4v) is 7.02. The van der Waals surface area contributed by atoms with Crippen LogP contribution in [0.15, 0.2) is 182 Å². The molecule has 0 saturated carbocycles. The summed E-state index contributed by atoms with van der Waals surface area (Å²) in [6.07, 6.45) is 4.46. The number of hydrogen-bond donors (Lipinski definition) is 0. The monoisotopic (exact) mass is 724 g/mol. The van der Waals surface area contributed by atoms with E-state index < -0.39 is 74.1 Å². The first-order valence-electron chi connectivity index (χ1n) is 25.2. The van der Waals surface area contributed by atoms with Crippen LogP contribution >= 0.6 is 0 Å². The van der Waals surface area contributed by atoms with Crippen LogP contribution in [0.2, 0.25) is 0 Å². The summed E-state index contributed by atoms with van der Waals surface area (Å²) in [5.74, 6) is 0.966. The van der Waals surface area contributed by atoms with Crippen molar-refractivity contribution in [1.82, 2.24) is 14.1 Å². The number of ether oxygens (including phenoxy) is 1. The molecule has 7 aromatic carbocycles. The molecule has 0 amide bonds. The molecular weight excluding hydrogens is 673 g/mol. The maximum atomic E-state index is 8.98. The van der Waals surface area contributed by atoms with Crippen molar-refractivity contribution >= 4 is 32.8 Å². The summed E-state index contributed by atoms with van der Waals surface area (Å²) < 4.78 is 147. The lowest BCUT2D eigenvalue weighted by molar-refractivity contribution is -0.571. The van der Waals surface area contributed by atoms with Crippen LogP contribution in [-0.2, 0) is 0 Å². The maximum absolute atomic E-state index is 8.98. The predicted octanol–water partition coefficient (Wildman–Crippen LogP) is 11.9. The number of benzene rings is 7. The van der Waals surface area contributed by atoms with Gasteiger partial charge in [0.15, 0.2) is 0 Å². The van der Waals surface area contributed by atoms with Gasteiger partial charge in [0, 0.05) is 31.3 Å². The van der Waals surface area contributed by atoms with Gasteiger partial charge in [0.25, 0.3) is 6.33 Å². The molecule has 0 radical (unpaired) electrons. The first kappa shape index (κ1) is 19.7. The molecule has 3 aromatic heterocycles. The molecule has 5 nitrogen and oxygen atoms in total. The van der Waals surface area contributed by atoms with Crippen molar-refractivity contribution in [2.24, 2.45) is 0 Å². The second kappa shape index (κ2) is 13.3. The van der Waals surface area contributed by atoms with E-state index in [1.807, 2.05) is 36.4 Å². The quantitative estimate of drug-likeness (QED) is 0.121. The Bertz CT molecular complexity index is 3710. The fourth-order valence-electron chi connectivity index (χ4n) is 7.02. The van der Waals surface area contributed by atoms with Crippen molar-refractivity contribution in [3.05, 3.63) is 199 Å². The van der Waals surface area contributed by atoms with Crippen LogP contribution in [0.4, 0.5) is 0 Å². The second-order valence-corrected chi connectivity index (χ2v) is 12.7. The standard InChI is InChI=1S/C50H36N4O/c1-34-29-49(51-32-35(34)2)54-45-24-10-9-21-43(45)44-28-27-40(31-48(44)54)55-39-20-13-19-38(30-39)52-33-53(47-26-12-11-25-46(47)52)50-41(36-15-5-3-6-16-36)22-14-23-42(50)37-17-7-4-8-18-37/h3-32H,1-2H3/i1D3,2D3,3D,4D,5D,6D,7D,8D,15D,16D,17D,18D. The minimum atomic E-state index is -2.75. The van der Waals surface area contributed by atoms with Gasteiger partial charge in [-0.15, -0.1) is 0 Å². The molecule has 0 N–H and O–H groups in total. The van der Waals surface area contributed by atoms with Gasteiger partial charge in [-0.25, -0.2) is 4.98 Å². The van der Waals surface area contributed by atoms with Crippen molar-refractivity contribution in [2.45, 2.75) is 13.7 Å². The van der Waals surface area contributed by atoms with E-state index in [9.17, 15) is 0 Å². The predicted molar refractivity (Wildman–Crippen MR) is 223 cm³/mol. The highest BCUT2D eigenvalue weighted by molar-refractivity contribution is 6.09. The fraction of sp³-hybridized carbons (Fsp3) is 0.0400. The van der Waals surface area contributed by atoms with E-state index in [2.05, 4.69) is 11.3 Å². The Labute approximate surface area is 342 Å². The third kappa shape index (κ3) is 5.65. The summed E-state index contributed by atoms with van der Waals surface area (Å²) in [7, 11) is 0. The van der Waals surface area contributed by atoms with Crippen LogP contribution in [0.3, 0.4) is 0 Å². The Morgan fingerprint density at radius 2 is 1.29 bits per heavy atom. The molecule has 3 heterocycles. The summed E-state index contributed by atoms with van der Waals surface area (Å²) in [5, 5.41) is 1.63. The number of nitrogens with zero attached hydrogens (tertiary/aromatic N) is 4. The Hall–Kier alpha value is -7.24. The first-order chi connectivity index (χ1) is 33.7. The van der Waals surface area contributed by atoms with Gasteiger partial charge in [0.1, 0.15) is 17.3 Å². The van der Waals surface area contributed by atoms with E-state index in [0.717, 1.165) is 17.0 Å². The number of aryl methyl sites for hydroxylation is 2. The van der Waals surface area contributed by atoms with Crippen LogP contribution in [0.25, 0.3) is 72.3 Å². The minimum absolute atomic E-state index is 0.110. The van der Waals surface area contributed by atoms with Crippen molar-refractivity contribution in [1.29, 1.82) is 0 Å². The van der Waals surface area contributed by atoms with Crippen LogP contribution in [0, 0.1) is 20.0 Å². The highest BCUT2D eigenvalue weighted by atomic mass is 16.5. The smallest absolute Gasteiger partial charge is 0.269 e. The number of pyridine rings is 1. The van der Waals surface area contributed by atoms with Crippen molar-refractivity contribution in [3.8, 4) is 50.9 Å². The van der Waals surface area contributed by atoms with E-state index in [-0.39, 0.29) is 44.9 Å². The molecule has 0 aliphatic heterocycles. The van der Waals surface area contributed by atoms with Crippen molar-refractivity contribution in [2.75, 3.05) is 0 Å². The van der Waals surface area contributed by atoms with E-state index in [4.69, 9.17) is 26.7 Å². The summed E-state index contributed by atoms with van der Waals surface area (Å²) in [5.41, 5.74) is 2.19. The molecule has 0 unspecified atom stereocenters. The number of para-hydroxylation sites is 4. The highest BCUT2D eigenvalue weighted by Gasteiger charge is 2.20. The van der Waals surface area contributed by atoms with E-state index in [1.165, 1.54) is 12.1 Å². The second-order valence-electron chi connectivity index (χ2n) is 12.7. The Balaban J connectivity index is 1.14. The van der Waals surface area contributed by atoms with Gasteiger partial charge in [0.2, 0.25) is 0 Å². The molecule has 10 rings (SSSR count). The summed E-state index contributed by atoms with van der Waals surface area (Å²) in [4.78, 5) is 4.47. The molecule has 5 heteroatoms. The number of rotatable bonds is 7. The van der Waals surface area contributed by atoms with Crippen LogP contribution in [0.1, 0.15) is 33.1 Å². The van der Waals surface area contributed by atoms with Gasteiger partial charge in [-0.2, -0.15) is 0 Å². The first-order valence-corrected chi connectivity index (χ1v) is 17.2. The lowest BCUT2D eigenvalue weighted by atomic mass is 9.95. The summed E-state index contributed by atoms with van der Waals surface area (Å²) in [6.45, 7) is -5.46. The summed E-state index contributed by atoms with van der Waals surface area (Å²) >= 11 is 0. The number of hydrogen-bond acceptors (Lipinski definition) is 2. The molecule has 0 fully saturated rings. The molecule has 262 valence electrons. The molecule has 55 heavy (non-hydrogen) atoms. The molecule has 0 aliphatic carbocycles. The van der Waals surface area contributed by atoms with Gasteiger partial charge in [-0.3, -0.25) is 13.7 Å². The molecule has 10 aromatic rings. The largest absolute Gasteiger partial charge is 0.458 e. The van der Waals surface area contributed by atoms with Crippen LogP contribution in [-0.4, -0.2) is 14.1 Å². The van der Waals surface area contributed by atoms with Gasteiger partial charge < -0.3 is 4.74 Å². The zero-order chi connectivity index (χ0) is 50.6. The topological polar surface area (TPSA) is 35.9 Å². The van der Waals surface area contributed by atoms with Gasteiger partial charge in [-0.05, 0) is 89.5 Å². The summed E-state index contributed by atoms with van der Waals surface area (Å²) in [6, 6.07) is 27.5. The van der Waals surface area contributed by atoms with Gasteiger partial charge in [-0.1, -0.05) is 127 Å². The molecule has 0 spiro atoms. The van der Waals surface area contributed by atoms with Crippen molar-refractivity contribution in [3.63, 3.8) is 0 Å². The molecule has 0 bridgehead atoms. The van der Waals surface area contributed by atoms with E-state index in [0.29, 0.717) is 39.3 Å². The highest BCUT2D eigenvalue weighted by Crippen LogP contribution is 2.37. The Morgan fingerprint density at radius 3 is 2.05 bits per heavy atom. The molecule has 0 aliphatic rings. The lowest BCUT2D eigenvalue weighted by Gasteiger charge is -2.17. The van der Waals surface area contributed by atoms with E-state index >= 15 is 0 Å². The molecule has 0 atom stereocenters. The SMILES string of the molecule is [2H]c1c([2H])c([2H])c(-c2cccc(-c3c([2H])c([2H])c([2H])c([2H])c3[2H])c2-[n+]2[c-]n(-c3cccc(Oc4ccc5c6ccccc6n(-c6cc(C([2H])([2H])[2H])c(C([2H])([2H])[2H])cn6)c5c4)c3)c3ccccc32)c([2H])c1[2H]. The van der Waals surface area contributed by atoms with Gasteiger partial charge in [0.05, 0.1) is 47.1 Å². The van der Waals surface area contributed by atoms with Crippen LogP contribution in [0.5, 0.6) is 11.5 Å². The maximum Gasteiger partial charge on any atom is 0.269 e. The molecular formula is C50H36N4O. The average Bonchev–Trinajstić information content (AvgIpc) is 3.89. The molecule has 0 saturated heterocycles. The zero-order valence-corrected chi connectivity index (χ0v) is 28.7. The number of imidazole rings is 1. The Kier molecular flexibility index (Phi) is 4.77. The van der Waals surface area contributed by atoms with Gasteiger partial charge >= 0.3 is 0 Å². The minimum Gasteiger partial charge on any atom is -0.458 e. The Morgan fingerprint density at radius 1 is 0.618 bits per heavy atom. The van der Waals surface area contributed by atoms with Crippen LogP contribution < -0.4 is 9.30 Å². The number of aromatic nitrogens is 4. The lowest BCUT2D eigenvalue weighted by Crippen LogP contribution is -2.31. The number of fused-ring (bicyclic) bond motifs is 4. The average molecular weight is 725 g/mol. The zero-order valence-electron chi connectivity index (χ0n) is 44.7.